The second-order valence-electron chi connectivity index (χ2n) is 11.7. The lowest BCUT2D eigenvalue weighted by molar-refractivity contribution is -0.123. The van der Waals surface area contributed by atoms with Gasteiger partial charge in [-0.15, -0.1) is 0 Å². The lowest BCUT2D eigenvalue weighted by Gasteiger charge is -2.33. The summed E-state index contributed by atoms with van der Waals surface area (Å²) in [7, 11) is 0. The second-order valence-corrected chi connectivity index (χ2v) is 12.5. The van der Waals surface area contributed by atoms with Crippen LogP contribution >= 0.6 is 15.9 Å². The van der Waals surface area contributed by atoms with Gasteiger partial charge in [0.15, 0.2) is 0 Å². The molecule has 1 aromatic heterocycles. The average molecular weight is 584 g/mol. The van der Waals surface area contributed by atoms with E-state index in [9.17, 15) is 14.5 Å². The predicted molar refractivity (Wildman–Crippen MR) is 150 cm³/mol. The first-order chi connectivity index (χ1) is 18.1. The van der Waals surface area contributed by atoms with Crippen LogP contribution in [0.3, 0.4) is 0 Å². The molecule has 202 valence electrons. The van der Waals surface area contributed by atoms with E-state index in [1.165, 1.54) is 0 Å². The standard InChI is InChI=1S/C29H35BrN4O4/c1-28(2,3)38-27(36)33-16-12-19(13-17-33)23-11-10-21-25(32-23)34(26(35)29(21)14-5-4-6-15-29)24-9-7-8-22(30)20(24)18-31-37/h7-11,19H,4-6,12-18H2,1-3H3. The van der Waals surface area contributed by atoms with Crippen molar-refractivity contribution in [3.05, 3.63) is 56.5 Å². The Morgan fingerprint density at radius 1 is 1.13 bits per heavy atom. The molecule has 1 spiro atoms. The van der Waals surface area contributed by atoms with Gasteiger partial charge in [-0.2, -0.15) is 4.91 Å². The van der Waals surface area contributed by atoms with Gasteiger partial charge in [-0.25, -0.2) is 9.78 Å². The molecule has 0 N–H and O–H groups in total. The number of halogens is 1. The Balaban J connectivity index is 1.49. The number of amides is 2. The van der Waals surface area contributed by atoms with Crippen LogP contribution in [0.5, 0.6) is 0 Å². The maximum Gasteiger partial charge on any atom is 0.410 e. The molecule has 9 heteroatoms. The van der Waals surface area contributed by atoms with E-state index in [0.29, 0.717) is 30.2 Å². The van der Waals surface area contributed by atoms with Crippen LogP contribution in [0.4, 0.5) is 16.3 Å². The molecule has 38 heavy (non-hydrogen) atoms. The van der Waals surface area contributed by atoms with Crippen molar-refractivity contribution in [2.75, 3.05) is 18.0 Å². The summed E-state index contributed by atoms with van der Waals surface area (Å²) in [6.07, 6.45) is 6.03. The van der Waals surface area contributed by atoms with Crippen molar-refractivity contribution in [2.24, 2.45) is 5.18 Å². The number of nitrogens with zero attached hydrogens (tertiary/aromatic N) is 4. The maximum atomic E-state index is 14.2. The van der Waals surface area contributed by atoms with E-state index < -0.39 is 11.0 Å². The highest BCUT2D eigenvalue weighted by Gasteiger charge is 2.53. The minimum absolute atomic E-state index is 0.0360. The molecule has 0 atom stereocenters. The SMILES string of the molecule is CC(C)(C)OC(=O)N1CCC(c2ccc3c(n2)N(c2cccc(Br)c2CN=O)C(=O)C32CCCCC2)CC1. The minimum Gasteiger partial charge on any atom is -0.444 e. The fraction of sp³-hybridized carbons (Fsp3) is 0.552. The first-order valence-corrected chi connectivity index (χ1v) is 14.3. The number of nitroso groups, excluding NO2 is 1. The summed E-state index contributed by atoms with van der Waals surface area (Å²) >= 11 is 3.56. The number of likely N-dealkylation sites (tertiary alicyclic amines) is 1. The zero-order chi connectivity index (χ0) is 27.1. The van der Waals surface area contributed by atoms with Gasteiger partial charge in [-0.05, 0) is 64.7 Å². The number of anilines is 2. The quantitative estimate of drug-likeness (QED) is 0.358. The molecule has 0 radical (unpaired) electrons. The van der Waals surface area contributed by atoms with E-state index in [2.05, 4.69) is 33.2 Å². The normalized spacial score (nSPS) is 19.5. The van der Waals surface area contributed by atoms with Gasteiger partial charge in [0, 0.05) is 40.3 Å². The van der Waals surface area contributed by atoms with Crippen molar-refractivity contribution in [3.8, 4) is 0 Å². The van der Waals surface area contributed by atoms with E-state index in [0.717, 1.165) is 60.7 Å². The molecular formula is C29H35BrN4O4. The third kappa shape index (κ3) is 4.85. The van der Waals surface area contributed by atoms with Gasteiger partial charge in [0.05, 0.1) is 11.1 Å². The summed E-state index contributed by atoms with van der Waals surface area (Å²) in [4.78, 5) is 46.7. The topological polar surface area (TPSA) is 92.2 Å². The number of benzene rings is 1. The average Bonchev–Trinajstić information content (AvgIpc) is 3.11. The van der Waals surface area contributed by atoms with Crippen LogP contribution in [-0.2, 0) is 21.5 Å². The summed E-state index contributed by atoms with van der Waals surface area (Å²) in [5.41, 5.74) is 2.17. The van der Waals surface area contributed by atoms with Crippen LogP contribution in [0.25, 0.3) is 0 Å². The van der Waals surface area contributed by atoms with Crippen molar-refractivity contribution < 1.29 is 14.3 Å². The van der Waals surface area contributed by atoms with Crippen LogP contribution in [0.1, 0.15) is 88.5 Å². The Hall–Kier alpha value is -2.81. The number of ether oxygens (including phenoxy) is 1. The molecule has 2 aliphatic heterocycles. The smallest absolute Gasteiger partial charge is 0.410 e. The number of carbonyl (C=O) groups is 2. The van der Waals surface area contributed by atoms with Gasteiger partial charge in [0.25, 0.3) is 0 Å². The summed E-state index contributed by atoms with van der Waals surface area (Å²) in [6, 6.07) is 9.81. The maximum absolute atomic E-state index is 14.2. The van der Waals surface area contributed by atoms with Gasteiger partial charge in [0.2, 0.25) is 5.91 Å². The summed E-state index contributed by atoms with van der Waals surface area (Å²) in [5.74, 6) is 0.897. The van der Waals surface area contributed by atoms with Crippen LogP contribution in [0, 0.1) is 4.91 Å². The fourth-order valence-corrected chi connectivity index (χ4v) is 6.67. The fourth-order valence-electron chi connectivity index (χ4n) is 6.18. The predicted octanol–water partition coefficient (Wildman–Crippen LogP) is 7.11. The monoisotopic (exact) mass is 582 g/mol. The Morgan fingerprint density at radius 3 is 2.50 bits per heavy atom. The van der Waals surface area contributed by atoms with Gasteiger partial charge < -0.3 is 9.64 Å². The van der Waals surface area contributed by atoms with Crippen molar-refractivity contribution in [3.63, 3.8) is 0 Å². The van der Waals surface area contributed by atoms with E-state index in [-0.39, 0.29) is 24.5 Å². The minimum atomic E-state index is -0.576. The summed E-state index contributed by atoms with van der Waals surface area (Å²) in [6.45, 7) is 6.80. The van der Waals surface area contributed by atoms with Crippen molar-refractivity contribution in [1.29, 1.82) is 0 Å². The first kappa shape index (κ1) is 26.8. The highest BCUT2D eigenvalue weighted by atomic mass is 79.9. The highest BCUT2D eigenvalue weighted by Crippen LogP contribution is 2.53. The zero-order valence-corrected chi connectivity index (χ0v) is 23.9. The van der Waals surface area contributed by atoms with Crippen molar-refractivity contribution in [2.45, 2.75) is 89.2 Å². The Bertz CT molecular complexity index is 1240. The van der Waals surface area contributed by atoms with Crippen LogP contribution in [0.15, 0.2) is 40.0 Å². The molecule has 8 nitrogen and oxygen atoms in total. The molecule has 1 aliphatic carbocycles. The molecule has 0 unspecified atom stereocenters. The number of hydrogen-bond acceptors (Lipinski definition) is 6. The van der Waals surface area contributed by atoms with E-state index in [1.807, 2.05) is 39.0 Å². The van der Waals surface area contributed by atoms with E-state index >= 15 is 0 Å². The number of piperidine rings is 1. The van der Waals surface area contributed by atoms with Crippen molar-refractivity contribution >= 4 is 39.4 Å². The molecule has 1 aromatic carbocycles. The molecule has 5 rings (SSSR count). The van der Waals surface area contributed by atoms with Crippen molar-refractivity contribution in [1.82, 2.24) is 9.88 Å². The van der Waals surface area contributed by atoms with Gasteiger partial charge in [-0.1, -0.05) is 52.5 Å². The first-order valence-electron chi connectivity index (χ1n) is 13.5. The number of hydrogen-bond donors (Lipinski definition) is 0. The number of pyridine rings is 1. The lowest BCUT2D eigenvalue weighted by Crippen LogP contribution is -2.41. The van der Waals surface area contributed by atoms with Crippen LogP contribution in [0.2, 0.25) is 0 Å². The Kier molecular flexibility index (Phi) is 7.33. The molecule has 0 bridgehead atoms. The van der Waals surface area contributed by atoms with Gasteiger partial charge in [0.1, 0.15) is 18.0 Å². The number of carbonyl (C=O) groups excluding carboxylic acids is 2. The largest absolute Gasteiger partial charge is 0.444 e. The summed E-state index contributed by atoms with van der Waals surface area (Å²) in [5, 5.41) is 3.14. The van der Waals surface area contributed by atoms with Gasteiger partial charge >= 0.3 is 6.09 Å². The third-order valence-electron chi connectivity index (χ3n) is 8.07. The van der Waals surface area contributed by atoms with Gasteiger partial charge in [-0.3, -0.25) is 9.69 Å². The Labute approximate surface area is 232 Å². The third-order valence-corrected chi connectivity index (χ3v) is 8.81. The van der Waals surface area contributed by atoms with E-state index in [4.69, 9.17) is 9.72 Å². The number of aromatic nitrogens is 1. The molecule has 2 fully saturated rings. The van der Waals surface area contributed by atoms with E-state index in [1.54, 1.807) is 9.80 Å². The Morgan fingerprint density at radius 2 is 1.84 bits per heavy atom. The molecule has 3 aliphatic rings. The molecule has 2 amide bonds. The molecular weight excluding hydrogens is 548 g/mol. The molecule has 1 saturated carbocycles. The molecule has 2 aromatic rings. The summed E-state index contributed by atoms with van der Waals surface area (Å²) < 4.78 is 6.30. The molecule has 1 saturated heterocycles. The number of fused-ring (bicyclic) bond motifs is 2. The van der Waals surface area contributed by atoms with Crippen LogP contribution in [-0.4, -0.2) is 40.6 Å². The van der Waals surface area contributed by atoms with Crippen LogP contribution < -0.4 is 4.90 Å². The number of rotatable bonds is 4. The zero-order valence-electron chi connectivity index (χ0n) is 22.3. The lowest BCUT2D eigenvalue weighted by atomic mass is 9.70. The second kappa shape index (κ2) is 10.4. The highest BCUT2D eigenvalue weighted by molar-refractivity contribution is 9.10. The molecule has 3 heterocycles.